The van der Waals surface area contributed by atoms with Crippen LogP contribution < -0.4 is 5.73 Å². The van der Waals surface area contributed by atoms with Gasteiger partial charge in [0.05, 0.1) is 0 Å². The molecule has 0 amide bonds. The molecular weight excluding hydrogens is 284 g/mol. The van der Waals surface area contributed by atoms with E-state index in [1.807, 2.05) is 42.5 Å². The number of nitrogens with zero attached hydrogens (tertiary/aromatic N) is 1. The summed E-state index contributed by atoms with van der Waals surface area (Å²) in [6, 6.07) is 24.0. The van der Waals surface area contributed by atoms with Gasteiger partial charge in [0.25, 0.3) is 0 Å². The largest absolute Gasteiger partial charge is 0.436 e. The summed E-state index contributed by atoms with van der Waals surface area (Å²) in [5.74, 6) is 0.625. The molecule has 0 radical (unpaired) electrons. The van der Waals surface area contributed by atoms with Crippen molar-refractivity contribution in [2.45, 2.75) is 6.42 Å². The van der Waals surface area contributed by atoms with Crippen molar-refractivity contribution in [1.82, 2.24) is 4.98 Å². The molecule has 0 saturated carbocycles. The van der Waals surface area contributed by atoms with Crippen LogP contribution in [0.25, 0.3) is 22.6 Å². The Kier molecular flexibility index (Phi) is 3.31. The zero-order chi connectivity index (χ0) is 15.6. The average molecular weight is 300 g/mol. The van der Waals surface area contributed by atoms with Crippen LogP contribution in [0.5, 0.6) is 0 Å². The highest BCUT2D eigenvalue weighted by molar-refractivity contribution is 5.79. The molecule has 0 saturated heterocycles. The predicted octanol–water partition coefficient (Wildman–Crippen LogP) is 4.67. The Balaban J connectivity index is 1.77. The molecule has 23 heavy (non-hydrogen) atoms. The lowest BCUT2D eigenvalue weighted by Crippen LogP contribution is -1.87. The Morgan fingerprint density at radius 1 is 0.826 bits per heavy atom. The van der Waals surface area contributed by atoms with E-state index in [-0.39, 0.29) is 0 Å². The van der Waals surface area contributed by atoms with Crippen molar-refractivity contribution in [2.24, 2.45) is 0 Å². The van der Waals surface area contributed by atoms with Crippen LogP contribution in [0.3, 0.4) is 0 Å². The zero-order valence-electron chi connectivity index (χ0n) is 12.6. The summed E-state index contributed by atoms with van der Waals surface area (Å²) in [6.45, 7) is 0. The summed E-state index contributed by atoms with van der Waals surface area (Å²) in [5, 5.41) is 0. The first-order valence-corrected chi connectivity index (χ1v) is 7.58. The standard InChI is InChI=1S/C20H16N2O/c21-17-11-9-15(10-12-17)20-22-18-8-4-7-16(19(18)23-20)13-14-5-2-1-3-6-14/h1-12H,13,21H2. The van der Waals surface area contributed by atoms with Gasteiger partial charge in [0.1, 0.15) is 5.52 Å². The quantitative estimate of drug-likeness (QED) is 0.559. The van der Waals surface area contributed by atoms with Gasteiger partial charge in [-0.1, -0.05) is 42.5 Å². The van der Waals surface area contributed by atoms with Crippen LogP contribution in [0.1, 0.15) is 11.1 Å². The van der Waals surface area contributed by atoms with Crippen molar-refractivity contribution in [1.29, 1.82) is 0 Å². The first-order chi connectivity index (χ1) is 11.3. The van der Waals surface area contributed by atoms with Crippen molar-refractivity contribution in [3.05, 3.63) is 83.9 Å². The Labute approximate surface area is 134 Å². The fourth-order valence-electron chi connectivity index (χ4n) is 2.71. The summed E-state index contributed by atoms with van der Waals surface area (Å²) >= 11 is 0. The molecule has 3 aromatic carbocycles. The number of hydrogen-bond acceptors (Lipinski definition) is 3. The normalized spacial score (nSPS) is 11.0. The highest BCUT2D eigenvalue weighted by Gasteiger charge is 2.11. The molecule has 4 rings (SSSR count). The molecule has 0 aliphatic rings. The van der Waals surface area contributed by atoms with Crippen molar-refractivity contribution in [3.63, 3.8) is 0 Å². The number of oxazole rings is 1. The van der Waals surface area contributed by atoms with E-state index >= 15 is 0 Å². The van der Waals surface area contributed by atoms with E-state index in [4.69, 9.17) is 10.2 Å². The second kappa shape index (κ2) is 5.61. The first kappa shape index (κ1) is 13.6. The van der Waals surface area contributed by atoms with Crippen molar-refractivity contribution >= 4 is 16.8 Å². The molecule has 0 atom stereocenters. The first-order valence-electron chi connectivity index (χ1n) is 7.58. The van der Waals surface area contributed by atoms with Gasteiger partial charge < -0.3 is 10.2 Å². The minimum Gasteiger partial charge on any atom is -0.436 e. The van der Waals surface area contributed by atoms with E-state index in [2.05, 4.69) is 35.3 Å². The zero-order valence-corrected chi connectivity index (χ0v) is 12.6. The fourth-order valence-corrected chi connectivity index (χ4v) is 2.71. The van der Waals surface area contributed by atoms with Crippen LogP contribution in [0.2, 0.25) is 0 Å². The van der Waals surface area contributed by atoms with E-state index < -0.39 is 0 Å². The molecule has 2 N–H and O–H groups in total. The number of nitrogen functional groups attached to an aromatic ring is 1. The molecule has 0 aliphatic heterocycles. The molecule has 0 bridgehead atoms. The Hall–Kier alpha value is -3.07. The number of aromatic nitrogens is 1. The number of nitrogens with two attached hydrogens (primary N) is 1. The van der Waals surface area contributed by atoms with Crippen LogP contribution >= 0.6 is 0 Å². The number of fused-ring (bicyclic) bond motifs is 1. The summed E-state index contributed by atoms with van der Waals surface area (Å²) in [7, 11) is 0. The molecule has 4 aromatic rings. The Morgan fingerprint density at radius 3 is 2.39 bits per heavy atom. The second-order valence-electron chi connectivity index (χ2n) is 5.57. The highest BCUT2D eigenvalue weighted by Crippen LogP contribution is 2.28. The smallest absolute Gasteiger partial charge is 0.227 e. The van der Waals surface area contributed by atoms with Crippen molar-refractivity contribution in [3.8, 4) is 11.5 Å². The van der Waals surface area contributed by atoms with Gasteiger partial charge in [0.15, 0.2) is 5.58 Å². The van der Waals surface area contributed by atoms with E-state index in [0.29, 0.717) is 5.89 Å². The minimum absolute atomic E-state index is 0.625. The predicted molar refractivity (Wildman–Crippen MR) is 93.1 cm³/mol. The monoisotopic (exact) mass is 300 g/mol. The third-order valence-electron chi connectivity index (χ3n) is 3.89. The number of rotatable bonds is 3. The van der Waals surface area contributed by atoms with Crippen molar-refractivity contribution in [2.75, 3.05) is 5.73 Å². The van der Waals surface area contributed by atoms with Crippen LogP contribution in [-0.4, -0.2) is 4.98 Å². The minimum atomic E-state index is 0.625. The maximum absolute atomic E-state index is 6.05. The molecule has 1 heterocycles. The van der Waals surface area contributed by atoms with E-state index in [0.717, 1.165) is 34.3 Å². The van der Waals surface area contributed by atoms with Gasteiger partial charge in [-0.3, -0.25) is 0 Å². The van der Waals surface area contributed by atoms with Gasteiger partial charge in [0, 0.05) is 23.2 Å². The van der Waals surface area contributed by atoms with E-state index in [1.54, 1.807) is 0 Å². The molecule has 112 valence electrons. The maximum atomic E-state index is 6.05. The van der Waals surface area contributed by atoms with Crippen LogP contribution in [0, 0.1) is 0 Å². The summed E-state index contributed by atoms with van der Waals surface area (Å²) < 4.78 is 6.05. The maximum Gasteiger partial charge on any atom is 0.227 e. The van der Waals surface area contributed by atoms with Gasteiger partial charge in [-0.15, -0.1) is 0 Å². The summed E-state index contributed by atoms with van der Waals surface area (Å²) in [6.07, 6.45) is 0.828. The number of hydrogen-bond donors (Lipinski definition) is 1. The molecule has 1 aromatic heterocycles. The molecule has 0 spiro atoms. The van der Waals surface area contributed by atoms with Crippen molar-refractivity contribution < 1.29 is 4.42 Å². The Morgan fingerprint density at radius 2 is 1.61 bits per heavy atom. The van der Waals surface area contributed by atoms with Crippen LogP contribution in [-0.2, 0) is 6.42 Å². The number of para-hydroxylation sites is 1. The van der Waals surface area contributed by atoms with Gasteiger partial charge in [-0.25, -0.2) is 4.98 Å². The average Bonchev–Trinajstić information content (AvgIpc) is 3.02. The van der Waals surface area contributed by atoms with Crippen LogP contribution in [0.15, 0.2) is 77.2 Å². The van der Waals surface area contributed by atoms with E-state index in [9.17, 15) is 0 Å². The Bertz CT molecular complexity index is 940. The molecule has 0 unspecified atom stereocenters. The molecule has 0 aliphatic carbocycles. The summed E-state index contributed by atoms with van der Waals surface area (Å²) in [4.78, 5) is 4.61. The third-order valence-corrected chi connectivity index (χ3v) is 3.89. The molecule has 3 heteroatoms. The van der Waals surface area contributed by atoms with Gasteiger partial charge in [0.2, 0.25) is 5.89 Å². The van der Waals surface area contributed by atoms with Gasteiger partial charge in [-0.05, 0) is 35.9 Å². The number of anilines is 1. The lowest BCUT2D eigenvalue weighted by atomic mass is 10.0. The molecular formula is C20H16N2O. The van der Waals surface area contributed by atoms with E-state index in [1.165, 1.54) is 5.56 Å². The summed E-state index contributed by atoms with van der Waals surface area (Å²) in [5.41, 5.74) is 11.5. The van der Waals surface area contributed by atoms with Gasteiger partial charge in [-0.2, -0.15) is 0 Å². The van der Waals surface area contributed by atoms with Gasteiger partial charge >= 0.3 is 0 Å². The highest BCUT2D eigenvalue weighted by atomic mass is 16.3. The lowest BCUT2D eigenvalue weighted by Gasteiger charge is -2.02. The third kappa shape index (κ3) is 2.69. The molecule has 3 nitrogen and oxygen atoms in total. The number of benzene rings is 3. The SMILES string of the molecule is Nc1ccc(-c2nc3cccc(Cc4ccccc4)c3o2)cc1. The van der Waals surface area contributed by atoms with Crippen LogP contribution in [0.4, 0.5) is 5.69 Å². The molecule has 0 fully saturated rings. The second-order valence-corrected chi connectivity index (χ2v) is 5.57. The lowest BCUT2D eigenvalue weighted by molar-refractivity contribution is 0.616. The fraction of sp³-hybridized carbons (Fsp3) is 0.0500. The topological polar surface area (TPSA) is 52.0 Å².